The van der Waals surface area contributed by atoms with Crippen LogP contribution in [0.1, 0.15) is 59.4 Å². The van der Waals surface area contributed by atoms with Crippen LogP contribution in [-0.2, 0) is 14.3 Å². The molecule has 1 atom stereocenters. The van der Waals surface area contributed by atoms with Gasteiger partial charge in [0.1, 0.15) is 12.6 Å². The van der Waals surface area contributed by atoms with Crippen molar-refractivity contribution in [2.45, 2.75) is 54.5 Å². The molecule has 5 aromatic carbocycles. The fourth-order valence-corrected chi connectivity index (χ4v) is 9.02. The van der Waals surface area contributed by atoms with E-state index in [1.807, 2.05) is 78.9 Å². The van der Waals surface area contributed by atoms with Gasteiger partial charge in [0, 0.05) is 17.7 Å². The third kappa shape index (κ3) is 7.07. The Kier molecular flexibility index (Phi) is 10.3. The van der Waals surface area contributed by atoms with Crippen LogP contribution in [0.15, 0.2) is 140 Å². The zero-order valence-corrected chi connectivity index (χ0v) is 28.7. The first-order valence-corrected chi connectivity index (χ1v) is 18.4. The van der Waals surface area contributed by atoms with E-state index in [4.69, 9.17) is 4.74 Å². The predicted molar refractivity (Wildman–Crippen MR) is 200 cm³/mol. The third-order valence-corrected chi connectivity index (χ3v) is 11.6. The number of ether oxygens (including phenoxy) is 1. The number of rotatable bonds is 11. The normalized spacial score (nSPS) is 17.6. The van der Waals surface area contributed by atoms with Crippen LogP contribution >= 0.6 is 11.8 Å². The van der Waals surface area contributed by atoms with E-state index < -0.39 is 16.9 Å². The van der Waals surface area contributed by atoms with Crippen LogP contribution in [0.25, 0.3) is 11.1 Å². The van der Waals surface area contributed by atoms with Crippen LogP contribution in [0.3, 0.4) is 0 Å². The molecule has 0 aliphatic heterocycles. The van der Waals surface area contributed by atoms with E-state index in [2.05, 4.69) is 71.3 Å². The Morgan fingerprint density at radius 3 is 1.64 bits per heavy atom. The largest absolute Gasteiger partial charge is 0.449 e. The molecule has 0 bridgehead atoms. The minimum Gasteiger partial charge on any atom is -0.449 e. The molecule has 2 aliphatic carbocycles. The number of aliphatic hydroxyl groups excluding tert-OH is 1. The van der Waals surface area contributed by atoms with Gasteiger partial charge in [0.15, 0.2) is 0 Å². The van der Waals surface area contributed by atoms with Crippen LogP contribution < -0.4 is 10.6 Å². The Balaban J connectivity index is 1.16. The summed E-state index contributed by atoms with van der Waals surface area (Å²) in [6.07, 6.45) is 1.71. The molecule has 3 N–H and O–H groups in total. The number of hydrogen-bond donors (Lipinski definition) is 3. The monoisotopic (exact) mass is 682 g/mol. The molecule has 1 saturated carbocycles. The van der Waals surface area contributed by atoms with E-state index >= 15 is 0 Å². The van der Waals surface area contributed by atoms with E-state index in [1.54, 1.807) is 11.8 Å². The number of hydrogen-bond acceptors (Lipinski definition) is 5. The highest BCUT2D eigenvalue weighted by molar-refractivity contribution is 8.00. The smallest absolute Gasteiger partial charge is 0.407 e. The summed E-state index contributed by atoms with van der Waals surface area (Å²) in [5.41, 5.74) is 7.79. The van der Waals surface area contributed by atoms with Crippen molar-refractivity contribution < 1.29 is 19.4 Å². The SMILES string of the molecule is O=C(N[C@@H](CSC(c1ccccc1)(c1ccccc1)c1ccccc1)C(=O)NC1CCC(O)CC1)OCC1c2ccccc2-c2ccccc21. The second-order valence-electron chi connectivity index (χ2n) is 13.1. The molecule has 2 amide bonds. The fourth-order valence-electron chi connectivity index (χ4n) is 7.46. The minimum atomic E-state index is -0.877. The van der Waals surface area contributed by atoms with Crippen molar-refractivity contribution in [1.82, 2.24) is 10.6 Å². The van der Waals surface area contributed by atoms with Crippen molar-refractivity contribution in [3.63, 3.8) is 0 Å². The van der Waals surface area contributed by atoms with Crippen LogP contribution in [0.2, 0.25) is 0 Å². The number of fused-ring (bicyclic) bond motifs is 3. The third-order valence-electron chi connectivity index (χ3n) is 10.0. The number of nitrogens with one attached hydrogen (secondary N) is 2. The van der Waals surface area contributed by atoms with E-state index in [-0.39, 0.29) is 36.3 Å². The van der Waals surface area contributed by atoms with Crippen molar-refractivity contribution in [2.75, 3.05) is 12.4 Å². The topological polar surface area (TPSA) is 87.7 Å². The van der Waals surface area contributed by atoms with Gasteiger partial charge in [-0.05, 0) is 64.6 Å². The predicted octanol–water partition coefficient (Wildman–Crippen LogP) is 8.04. The molecule has 5 aromatic rings. The lowest BCUT2D eigenvalue weighted by Crippen LogP contribution is -2.52. The Labute approximate surface area is 298 Å². The van der Waals surface area contributed by atoms with E-state index in [0.29, 0.717) is 25.7 Å². The maximum Gasteiger partial charge on any atom is 0.407 e. The van der Waals surface area contributed by atoms with Gasteiger partial charge < -0.3 is 20.5 Å². The first-order chi connectivity index (χ1) is 24.5. The van der Waals surface area contributed by atoms with Gasteiger partial charge in [0.2, 0.25) is 5.91 Å². The number of aliphatic hydroxyl groups is 1. The number of amides is 2. The van der Waals surface area contributed by atoms with Gasteiger partial charge in [-0.25, -0.2) is 4.79 Å². The maximum atomic E-state index is 14.1. The zero-order chi connectivity index (χ0) is 34.3. The summed E-state index contributed by atoms with van der Waals surface area (Å²) in [6, 6.07) is 46.5. The summed E-state index contributed by atoms with van der Waals surface area (Å²) in [5.74, 6) is -0.0646. The highest BCUT2D eigenvalue weighted by Gasteiger charge is 2.39. The first kappa shape index (κ1) is 33.6. The molecule has 2 aliphatic rings. The molecule has 0 aromatic heterocycles. The van der Waals surface area contributed by atoms with Gasteiger partial charge in [-0.3, -0.25) is 4.79 Å². The second-order valence-corrected chi connectivity index (χ2v) is 14.4. The minimum absolute atomic E-state index is 0.0650. The molecule has 0 spiro atoms. The van der Waals surface area contributed by atoms with Crippen LogP contribution in [0.4, 0.5) is 4.79 Å². The highest BCUT2D eigenvalue weighted by atomic mass is 32.2. The molecule has 7 heteroatoms. The summed E-state index contributed by atoms with van der Waals surface area (Å²) in [7, 11) is 0. The molecular weight excluding hydrogens is 641 g/mol. The summed E-state index contributed by atoms with van der Waals surface area (Å²) < 4.78 is 5.27. The van der Waals surface area contributed by atoms with Gasteiger partial charge in [0.25, 0.3) is 0 Å². The van der Waals surface area contributed by atoms with Gasteiger partial charge in [-0.2, -0.15) is 0 Å². The Morgan fingerprint density at radius 1 is 0.680 bits per heavy atom. The average molecular weight is 683 g/mol. The van der Waals surface area contributed by atoms with Crippen molar-refractivity contribution in [1.29, 1.82) is 0 Å². The van der Waals surface area contributed by atoms with Crippen molar-refractivity contribution in [3.8, 4) is 11.1 Å². The molecule has 0 unspecified atom stereocenters. The number of carbonyl (C=O) groups excluding carboxylic acids is 2. The molecule has 50 heavy (non-hydrogen) atoms. The molecule has 1 fully saturated rings. The lowest BCUT2D eigenvalue weighted by Gasteiger charge is -2.36. The summed E-state index contributed by atoms with van der Waals surface area (Å²) >= 11 is 1.62. The number of alkyl carbamates (subject to hydrolysis) is 1. The number of carbonyl (C=O) groups is 2. The zero-order valence-electron chi connectivity index (χ0n) is 27.9. The molecule has 0 saturated heterocycles. The summed E-state index contributed by atoms with van der Waals surface area (Å²) in [6.45, 7) is 0.157. The molecule has 7 rings (SSSR count). The maximum absolute atomic E-state index is 14.1. The van der Waals surface area contributed by atoms with Crippen molar-refractivity contribution in [3.05, 3.63) is 167 Å². The van der Waals surface area contributed by atoms with E-state index in [0.717, 1.165) is 38.9 Å². The van der Waals surface area contributed by atoms with Crippen LogP contribution in [0.5, 0.6) is 0 Å². The fraction of sp³-hybridized carbons (Fsp3) is 0.256. The van der Waals surface area contributed by atoms with Crippen LogP contribution in [0, 0.1) is 0 Å². The molecule has 6 nitrogen and oxygen atoms in total. The van der Waals surface area contributed by atoms with Crippen molar-refractivity contribution in [2.24, 2.45) is 0 Å². The quantitative estimate of drug-likeness (QED) is 0.123. The average Bonchev–Trinajstić information content (AvgIpc) is 3.49. The van der Waals surface area contributed by atoms with Gasteiger partial charge >= 0.3 is 6.09 Å². The Hall–Kier alpha value is -4.85. The van der Waals surface area contributed by atoms with Crippen LogP contribution in [-0.4, -0.2) is 47.7 Å². The van der Waals surface area contributed by atoms with E-state index in [9.17, 15) is 14.7 Å². The lowest BCUT2D eigenvalue weighted by atomic mass is 9.84. The molecule has 254 valence electrons. The summed E-state index contributed by atoms with van der Waals surface area (Å²) in [4.78, 5) is 27.7. The number of benzene rings is 5. The standard InChI is InChI=1S/C43H42N2O4S/c46-34-26-24-33(25-27-34)44-41(47)40(45-42(48)49-28-39-37-22-12-10-20-35(37)36-21-11-13-23-38(36)39)29-50-43(30-14-4-1-5-15-30,31-16-6-2-7-17-31)32-18-8-3-9-19-32/h1-23,33-34,39-40,46H,24-29H2,(H,44,47)(H,45,48)/t33?,34?,40-/m0/s1. The molecular formula is C43H42N2O4S. The first-order valence-electron chi connectivity index (χ1n) is 17.4. The van der Waals surface area contributed by atoms with Gasteiger partial charge in [-0.1, -0.05) is 140 Å². The lowest BCUT2D eigenvalue weighted by molar-refractivity contribution is -0.123. The highest BCUT2D eigenvalue weighted by Crippen LogP contribution is 2.49. The van der Waals surface area contributed by atoms with Gasteiger partial charge in [-0.15, -0.1) is 11.8 Å². The molecule has 0 heterocycles. The Bertz CT molecular complexity index is 1750. The van der Waals surface area contributed by atoms with Crippen molar-refractivity contribution >= 4 is 23.8 Å². The Morgan fingerprint density at radius 2 is 1.14 bits per heavy atom. The summed E-state index contributed by atoms with van der Waals surface area (Å²) in [5, 5.41) is 16.2. The number of thioether (sulfide) groups is 1. The second kappa shape index (κ2) is 15.4. The van der Waals surface area contributed by atoms with Gasteiger partial charge in [0.05, 0.1) is 10.9 Å². The van der Waals surface area contributed by atoms with E-state index in [1.165, 1.54) is 0 Å². The molecule has 0 radical (unpaired) electrons.